The molecule has 3 aliphatic heterocycles. The molecule has 0 fully saturated rings. The van der Waals surface area contributed by atoms with Gasteiger partial charge in [0.05, 0.1) is 5.69 Å². The van der Waals surface area contributed by atoms with Crippen molar-refractivity contribution in [3.05, 3.63) is 169 Å². The fraction of sp³-hybridized carbons (Fsp3) is 0.176. The summed E-state index contributed by atoms with van der Waals surface area (Å²) in [5.74, 6) is 0. The molecule has 0 N–H and O–H groups in total. The fourth-order valence-corrected chi connectivity index (χ4v) is 14.1. The van der Waals surface area contributed by atoms with Gasteiger partial charge in [-0.1, -0.05) is 174 Å². The predicted octanol–water partition coefficient (Wildman–Crippen LogP) is 9.44. The third kappa shape index (κ3) is 4.93. The van der Waals surface area contributed by atoms with Crippen LogP contribution in [0.5, 0.6) is 0 Å². The molecule has 0 amide bonds. The molecule has 0 bridgehead atoms. The molecule has 10 rings (SSSR count). The lowest BCUT2D eigenvalue weighted by molar-refractivity contribution is 0.590. The molecule has 4 heteroatoms. The SMILES string of the molecule is CC(C)(C)c1ccc(-c2ccccc2N2c3cccc4c3B3c5c(cccc5[Si](C)(c5ccccc5)c5cccc2c53)N4c2ccc(C(C)(C)C)cc2)cc1. The lowest BCUT2D eigenvalue weighted by Crippen LogP contribution is -2.83. The van der Waals surface area contributed by atoms with Crippen LogP contribution in [0.3, 0.4) is 0 Å². The van der Waals surface area contributed by atoms with Crippen LogP contribution >= 0.6 is 0 Å². The number of hydrogen-bond donors (Lipinski definition) is 0. The van der Waals surface area contributed by atoms with Crippen LogP contribution in [0.15, 0.2) is 158 Å². The first kappa shape index (κ1) is 34.0. The molecule has 3 aliphatic rings. The van der Waals surface area contributed by atoms with Crippen molar-refractivity contribution < 1.29 is 0 Å². The Hall–Kier alpha value is -5.58. The lowest BCUT2D eigenvalue weighted by atomic mass is 9.33. The Bertz CT molecular complexity index is 2630. The summed E-state index contributed by atoms with van der Waals surface area (Å²) in [4.78, 5) is 5.16. The van der Waals surface area contributed by atoms with E-state index in [0.29, 0.717) is 0 Å². The van der Waals surface area contributed by atoms with E-state index in [4.69, 9.17) is 0 Å². The van der Waals surface area contributed by atoms with Gasteiger partial charge in [0.1, 0.15) is 8.07 Å². The number of para-hydroxylation sites is 1. The highest BCUT2D eigenvalue weighted by Crippen LogP contribution is 2.47. The van der Waals surface area contributed by atoms with Crippen molar-refractivity contribution >= 4 is 80.9 Å². The Morgan fingerprint density at radius 2 is 0.873 bits per heavy atom. The zero-order valence-corrected chi connectivity index (χ0v) is 34.0. The minimum absolute atomic E-state index is 0.0769. The summed E-state index contributed by atoms with van der Waals surface area (Å²) in [5, 5.41) is 4.49. The van der Waals surface area contributed by atoms with Crippen LogP contribution in [0, 0.1) is 0 Å². The van der Waals surface area contributed by atoms with Crippen LogP contribution in [-0.2, 0) is 10.8 Å². The summed E-state index contributed by atoms with van der Waals surface area (Å²) >= 11 is 0. The smallest absolute Gasteiger partial charge is 0.251 e. The molecule has 0 aromatic heterocycles. The molecule has 0 saturated carbocycles. The Kier molecular flexibility index (Phi) is 7.38. The number of benzene rings is 7. The van der Waals surface area contributed by atoms with Crippen molar-refractivity contribution in [2.24, 2.45) is 0 Å². The van der Waals surface area contributed by atoms with E-state index in [1.807, 2.05) is 0 Å². The molecule has 1 unspecified atom stereocenters. The molecular weight excluding hydrogens is 679 g/mol. The van der Waals surface area contributed by atoms with Crippen LogP contribution in [0.1, 0.15) is 52.7 Å². The molecule has 7 aromatic rings. The van der Waals surface area contributed by atoms with Gasteiger partial charge in [-0.2, -0.15) is 0 Å². The molecule has 0 radical (unpaired) electrons. The summed E-state index contributed by atoms with van der Waals surface area (Å²) in [7, 11) is -2.48. The third-order valence-corrected chi connectivity index (χ3v) is 17.2. The van der Waals surface area contributed by atoms with E-state index in [-0.39, 0.29) is 17.5 Å². The van der Waals surface area contributed by atoms with Crippen LogP contribution < -0.4 is 41.7 Å². The summed E-state index contributed by atoms with van der Waals surface area (Å²) in [6.07, 6.45) is 0. The lowest BCUT2D eigenvalue weighted by Gasteiger charge is -2.50. The minimum atomic E-state index is -2.48. The molecule has 1 atom stereocenters. The van der Waals surface area contributed by atoms with Crippen molar-refractivity contribution in [3.8, 4) is 11.1 Å². The van der Waals surface area contributed by atoms with Gasteiger partial charge in [-0.3, -0.25) is 0 Å². The first-order chi connectivity index (χ1) is 26.5. The molecule has 55 heavy (non-hydrogen) atoms. The summed E-state index contributed by atoms with van der Waals surface area (Å²) in [6, 6.07) is 60.3. The first-order valence-corrected chi connectivity index (χ1v) is 22.3. The van der Waals surface area contributed by atoms with Crippen LogP contribution in [0.2, 0.25) is 6.55 Å². The average molecular weight is 727 g/mol. The highest BCUT2D eigenvalue weighted by Gasteiger charge is 2.53. The van der Waals surface area contributed by atoms with Gasteiger partial charge < -0.3 is 9.80 Å². The zero-order chi connectivity index (χ0) is 37.9. The zero-order valence-electron chi connectivity index (χ0n) is 33.0. The number of anilines is 6. The maximum atomic E-state index is 2.60. The van der Waals surface area contributed by atoms with E-state index in [1.54, 1.807) is 0 Å². The molecular formula is C51H47BN2Si. The van der Waals surface area contributed by atoms with Gasteiger partial charge in [0, 0.05) is 34.0 Å². The van der Waals surface area contributed by atoms with Gasteiger partial charge in [0.25, 0.3) is 6.71 Å². The standard InChI is InChI=1S/C51H47BN2Si/c1-50(2,3)35-28-26-34(27-29-35)39-18-11-12-19-40(39)54-42-21-13-20-41-47(42)52-48-43(53(41)37-32-30-36(31-33-37)51(4,5)6)22-14-24-45(48)55(7,38-16-9-8-10-17-38)46-25-15-23-44(54)49(46)52/h8-33H,1-7H3. The van der Waals surface area contributed by atoms with Crippen molar-refractivity contribution in [1.82, 2.24) is 0 Å². The Labute approximate surface area is 328 Å². The summed E-state index contributed by atoms with van der Waals surface area (Å²) in [6.45, 7) is 16.5. The second-order valence-corrected chi connectivity index (χ2v) is 21.8. The molecule has 0 spiro atoms. The van der Waals surface area contributed by atoms with Crippen molar-refractivity contribution in [2.75, 3.05) is 9.80 Å². The van der Waals surface area contributed by atoms with Gasteiger partial charge >= 0.3 is 0 Å². The average Bonchev–Trinajstić information content (AvgIpc) is 3.19. The number of nitrogens with zero attached hydrogens (tertiary/aromatic N) is 2. The number of hydrogen-bond acceptors (Lipinski definition) is 2. The topological polar surface area (TPSA) is 6.48 Å². The van der Waals surface area contributed by atoms with Gasteiger partial charge in [-0.05, 0) is 91.6 Å². The molecule has 7 aromatic carbocycles. The number of rotatable bonds is 4. The van der Waals surface area contributed by atoms with Crippen LogP contribution in [0.25, 0.3) is 11.1 Å². The molecule has 268 valence electrons. The minimum Gasteiger partial charge on any atom is -0.311 e. The predicted molar refractivity (Wildman–Crippen MR) is 240 cm³/mol. The highest BCUT2D eigenvalue weighted by atomic mass is 28.3. The molecule has 0 aliphatic carbocycles. The van der Waals surface area contributed by atoms with Crippen molar-refractivity contribution in [3.63, 3.8) is 0 Å². The van der Waals surface area contributed by atoms with Crippen LogP contribution in [0.4, 0.5) is 34.1 Å². The maximum Gasteiger partial charge on any atom is 0.251 e. The van der Waals surface area contributed by atoms with E-state index in [2.05, 4.69) is 216 Å². The van der Waals surface area contributed by atoms with Crippen molar-refractivity contribution in [2.45, 2.75) is 58.9 Å². The Balaban J connectivity index is 1.28. The van der Waals surface area contributed by atoms with E-state index in [9.17, 15) is 0 Å². The molecule has 3 heterocycles. The van der Waals surface area contributed by atoms with E-state index in [1.165, 1.54) is 88.3 Å². The third-order valence-electron chi connectivity index (χ3n) is 12.7. The van der Waals surface area contributed by atoms with Gasteiger partial charge in [0.15, 0.2) is 0 Å². The largest absolute Gasteiger partial charge is 0.311 e. The highest BCUT2D eigenvalue weighted by molar-refractivity contribution is 7.21. The van der Waals surface area contributed by atoms with Gasteiger partial charge in [0.2, 0.25) is 0 Å². The Morgan fingerprint density at radius 1 is 0.418 bits per heavy atom. The Morgan fingerprint density at radius 3 is 1.45 bits per heavy atom. The normalized spacial score (nSPS) is 16.6. The monoisotopic (exact) mass is 726 g/mol. The van der Waals surface area contributed by atoms with E-state index < -0.39 is 8.07 Å². The van der Waals surface area contributed by atoms with Gasteiger partial charge in [-0.15, -0.1) is 0 Å². The second-order valence-electron chi connectivity index (χ2n) is 17.9. The van der Waals surface area contributed by atoms with E-state index >= 15 is 0 Å². The van der Waals surface area contributed by atoms with E-state index in [0.717, 1.165) is 0 Å². The van der Waals surface area contributed by atoms with Crippen molar-refractivity contribution in [1.29, 1.82) is 0 Å². The summed E-state index contributed by atoms with van der Waals surface area (Å²) in [5.41, 5.74) is 17.2. The fourth-order valence-electron chi connectivity index (χ4n) is 9.83. The first-order valence-electron chi connectivity index (χ1n) is 19.8. The maximum absolute atomic E-state index is 2.60. The second kappa shape index (κ2) is 12.0. The quantitative estimate of drug-likeness (QED) is 0.167. The van der Waals surface area contributed by atoms with Crippen LogP contribution in [-0.4, -0.2) is 14.8 Å². The summed E-state index contributed by atoms with van der Waals surface area (Å²) < 4.78 is 0. The molecule has 2 nitrogen and oxygen atoms in total. The van der Waals surface area contributed by atoms with Gasteiger partial charge in [-0.25, -0.2) is 0 Å². The molecule has 0 saturated heterocycles.